The van der Waals surface area contributed by atoms with Gasteiger partial charge in [-0.2, -0.15) is 5.10 Å². The second kappa shape index (κ2) is 8.37. The van der Waals surface area contributed by atoms with Crippen LogP contribution in [0.4, 0.5) is 10.5 Å². The number of carbonyl (C=O) groups is 1. The van der Waals surface area contributed by atoms with Crippen LogP contribution >= 0.6 is 0 Å². The van der Waals surface area contributed by atoms with Gasteiger partial charge in [0.25, 0.3) is 0 Å². The van der Waals surface area contributed by atoms with Crippen LogP contribution in [-0.2, 0) is 6.42 Å². The number of rotatable bonds is 5. The maximum Gasteiger partial charge on any atom is 0.321 e. The summed E-state index contributed by atoms with van der Waals surface area (Å²) in [5, 5.41) is 7.30. The molecule has 4 aromatic rings. The minimum Gasteiger partial charge on any atom is -0.338 e. The maximum absolute atomic E-state index is 12.0. The van der Waals surface area contributed by atoms with Gasteiger partial charge in [-0.05, 0) is 42.7 Å². The van der Waals surface area contributed by atoms with Crippen molar-refractivity contribution in [3.8, 4) is 11.3 Å². The molecule has 0 saturated carbocycles. The van der Waals surface area contributed by atoms with Crippen LogP contribution in [0.2, 0.25) is 0 Å². The van der Waals surface area contributed by atoms with Crippen LogP contribution in [0.3, 0.4) is 0 Å². The van der Waals surface area contributed by atoms with E-state index in [0.29, 0.717) is 24.7 Å². The number of fused-ring (bicyclic) bond motifs is 1. The zero-order valence-corrected chi connectivity index (χ0v) is 18.2. The molecule has 1 aliphatic rings. The van der Waals surface area contributed by atoms with Crippen molar-refractivity contribution < 1.29 is 4.79 Å². The molecule has 1 aliphatic heterocycles. The molecule has 5 heterocycles. The molecule has 1 saturated heterocycles. The van der Waals surface area contributed by atoms with Crippen LogP contribution < -0.4 is 10.2 Å². The van der Waals surface area contributed by atoms with E-state index in [1.54, 1.807) is 17.3 Å². The van der Waals surface area contributed by atoms with Crippen molar-refractivity contribution in [1.29, 1.82) is 0 Å². The number of pyridine rings is 2. The highest BCUT2D eigenvalue weighted by Crippen LogP contribution is 2.25. The molecule has 0 aliphatic carbocycles. The molecule has 1 N–H and O–H groups in total. The number of urea groups is 1. The molecule has 1 fully saturated rings. The fourth-order valence-electron chi connectivity index (χ4n) is 3.97. The van der Waals surface area contributed by atoms with Crippen LogP contribution in [0.15, 0.2) is 55.1 Å². The van der Waals surface area contributed by atoms with E-state index in [1.165, 1.54) is 5.56 Å². The van der Waals surface area contributed by atoms with E-state index >= 15 is 0 Å². The highest BCUT2D eigenvalue weighted by atomic mass is 16.2. The number of hydrogen-bond acceptors (Lipinski definition) is 5. The Balaban J connectivity index is 1.37. The molecule has 0 aromatic carbocycles. The van der Waals surface area contributed by atoms with E-state index < -0.39 is 0 Å². The number of carbonyl (C=O) groups excluding carboxylic acids is 1. The van der Waals surface area contributed by atoms with Crippen molar-refractivity contribution in [2.24, 2.45) is 0 Å². The van der Waals surface area contributed by atoms with Crippen molar-refractivity contribution in [3.63, 3.8) is 0 Å². The molecule has 0 atom stereocenters. The van der Waals surface area contributed by atoms with Gasteiger partial charge >= 0.3 is 6.03 Å². The quantitative estimate of drug-likeness (QED) is 0.523. The van der Waals surface area contributed by atoms with Gasteiger partial charge in [0.05, 0.1) is 35.7 Å². The van der Waals surface area contributed by atoms with E-state index in [4.69, 9.17) is 4.98 Å². The van der Waals surface area contributed by atoms with Gasteiger partial charge in [-0.1, -0.05) is 13.8 Å². The normalized spacial score (nSPS) is 14.2. The van der Waals surface area contributed by atoms with E-state index in [2.05, 4.69) is 40.3 Å². The molecular weight excluding hydrogens is 402 g/mol. The highest BCUT2D eigenvalue weighted by molar-refractivity contribution is 5.92. The number of nitrogens with one attached hydrogen (secondary N) is 1. The number of aromatic nitrogens is 5. The monoisotopic (exact) mass is 427 g/mol. The van der Waals surface area contributed by atoms with Crippen LogP contribution in [0, 0.1) is 0 Å². The zero-order valence-electron chi connectivity index (χ0n) is 18.2. The fraction of sp³-hybridized carbons (Fsp3) is 0.292. The second-order valence-electron chi connectivity index (χ2n) is 8.28. The summed E-state index contributed by atoms with van der Waals surface area (Å²) in [5.74, 6) is 1.10. The van der Waals surface area contributed by atoms with Crippen LogP contribution in [0.5, 0.6) is 0 Å². The molecule has 0 unspecified atom stereocenters. The Bertz CT molecular complexity index is 1260. The standard InChI is InChI=1S/C24H25N7O/c1-16(2)20-15-28-31-11-7-17(12-22(20)31)21-6-9-25-23(29-21)13-18-4-5-19(14-27-18)30-10-3-8-26-24(30)32/h4-7,9,11-12,14-16H,3,8,10,13H2,1-2H3,(H,26,32). The van der Waals surface area contributed by atoms with E-state index in [-0.39, 0.29) is 6.03 Å². The Kier molecular flexibility index (Phi) is 5.26. The average Bonchev–Trinajstić information content (AvgIpc) is 3.24. The predicted molar refractivity (Wildman–Crippen MR) is 123 cm³/mol. The third-order valence-electron chi connectivity index (χ3n) is 5.71. The van der Waals surface area contributed by atoms with Gasteiger partial charge in [0.15, 0.2) is 0 Å². The van der Waals surface area contributed by atoms with Crippen LogP contribution in [0.25, 0.3) is 16.8 Å². The van der Waals surface area contributed by atoms with E-state index in [9.17, 15) is 4.79 Å². The third-order valence-corrected chi connectivity index (χ3v) is 5.71. The number of nitrogens with zero attached hydrogens (tertiary/aromatic N) is 6. The summed E-state index contributed by atoms with van der Waals surface area (Å²) in [6, 6.07) is 9.86. The smallest absolute Gasteiger partial charge is 0.321 e. The molecule has 8 heteroatoms. The second-order valence-corrected chi connectivity index (χ2v) is 8.28. The SMILES string of the molecule is CC(C)c1cnn2ccc(-c3ccnc(Cc4ccc(N5CCCNC5=O)cn4)n3)cc12. The van der Waals surface area contributed by atoms with Gasteiger partial charge < -0.3 is 5.32 Å². The van der Waals surface area contributed by atoms with E-state index in [1.807, 2.05) is 41.2 Å². The minimum absolute atomic E-state index is 0.0717. The molecule has 32 heavy (non-hydrogen) atoms. The Morgan fingerprint density at radius 2 is 2.03 bits per heavy atom. The molecule has 4 aromatic heterocycles. The van der Waals surface area contributed by atoms with Gasteiger partial charge in [0, 0.05) is 42.3 Å². The lowest BCUT2D eigenvalue weighted by molar-refractivity contribution is 0.243. The minimum atomic E-state index is -0.0717. The number of amides is 2. The van der Waals surface area contributed by atoms with Crippen LogP contribution in [-0.4, -0.2) is 43.7 Å². The lowest BCUT2D eigenvalue weighted by Gasteiger charge is -2.27. The molecule has 2 amide bonds. The summed E-state index contributed by atoms with van der Waals surface area (Å²) in [6.45, 7) is 5.77. The lowest BCUT2D eigenvalue weighted by Crippen LogP contribution is -2.46. The summed E-state index contributed by atoms with van der Waals surface area (Å²) in [5.41, 5.74) is 5.87. The van der Waals surface area contributed by atoms with Gasteiger partial charge in [0.1, 0.15) is 5.82 Å². The number of anilines is 1. The lowest BCUT2D eigenvalue weighted by atomic mass is 10.0. The Morgan fingerprint density at radius 3 is 2.81 bits per heavy atom. The summed E-state index contributed by atoms with van der Waals surface area (Å²) in [4.78, 5) is 27.5. The molecule has 8 nitrogen and oxygen atoms in total. The first-order valence-corrected chi connectivity index (χ1v) is 10.9. The van der Waals surface area contributed by atoms with Crippen molar-refractivity contribution in [3.05, 3.63) is 72.2 Å². The Labute approximate surface area is 186 Å². The van der Waals surface area contributed by atoms with Crippen molar-refractivity contribution in [2.45, 2.75) is 32.6 Å². The predicted octanol–water partition coefficient (Wildman–Crippen LogP) is 3.82. The topological polar surface area (TPSA) is 88.3 Å². The molecule has 0 bridgehead atoms. The van der Waals surface area contributed by atoms with Gasteiger partial charge in [-0.3, -0.25) is 9.88 Å². The van der Waals surface area contributed by atoms with Gasteiger partial charge in [0.2, 0.25) is 0 Å². The maximum atomic E-state index is 12.0. The van der Waals surface area contributed by atoms with Crippen LogP contribution in [0.1, 0.15) is 43.3 Å². The number of hydrogen-bond donors (Lipinski definition) is 1. The van der Waals surface area contributed by atoms with Gasteiger partial charge in [-0.15, -0.1) is 0 Å². The summed E-state index contributed by atoms with van der Waals surface area (Å²) < 4.78 is 1.90. The highest BCUT2D eigenvalue weighted by Gasteiger charge is 2.19. The fourth-order valence-corrected chi connectivity index (χ4v) is 3.97. The summed E-state index contributed by atoms with van der Waals surface area (Å²) in [7, 11) is 0. The van der Waals surface area contributed by atoms with Gasteiger partial charge in [-0.25, -0.2) is 19.3 Å². The first kappa shape index (κ1) is 20.1. The van der Waals surface area contributed by atoms with Crippen molar-refractivity contribution in [2.75, 3.05) is 18.0 Å². The Morgan fingerprint density at radius 1 is 1.12 bits per heavy atom. The zero-order chi connectivity index (χ0) is 22.1. The summed E-state index contributed by atoms with van der Waals surface area (Å²) >= 11 is 0. The summed E-state index contributed by atoms with van der Waals surface area (Å²) in [6.07, 6.45) is 8.87. The third kappa shape index (κ3) is 3.91. The van der Waals surface area contributed by atoms with Crippen molar-refractivity contribution in [1.82, 2.24) is 29.9 Å². The Hall–Kier alpha value is -3.81. The molecule has 0 radical (unpaired) electrons. The van der Waals surface area contributed by atoms with Crippen molar-refractivity contribution >= 4 is 17.2 Å². The molecule has 162 valence electrons. The molecular formula is C24H25N7O. The average molecular weight is 428 g/mol. The molecule has 0 spiro atoms. The molecule has 5 rings (SSSR count). The largest absolute Gasteiger partial charge is 0.338 e. The first-order valence-electron chi connectivity index (χ1n) is 10.9. The first-order chi connectivity index (χ1) is 15.6. The van der Waals surface area contributed by atoms with E-state index in [0.717, 1.165) is 41.1 Å².